The molecule has 0 bridgehead atoms. The number of H-pyrrole nitrogens is 1. The quantitative estimate of drug-likeness (QED) is 0.805. The minimum absolute atomic E-state index is 0.0375. The maximum Gasteiger partial charge on any atom is 0.182 e. The molecule has 4 nitrogen and oxygen atoms in total. The lowest BCUT2D eigenvalue weighted by Crippen LogP contribution is -2.04. The van der Waals surface area contributed by atoms with Crippen molar-refractivity contribution in [3.8, 4) is 5.75 Å². The van der Waals surface area contributed by atoms with Crippen LogP contribution in [0, 0.1) is 0 Å². The normalized spacial score (nSPS) is 11.7. The van der Waals surface area contributed by atoms with Crippen molar-refractivity contribution < 1.29 is 13.2 Å². The highest BCUT2D eigenvalue weighted by Gasteiger charge is 2.18. The first-order valence-electron chi connectivity index (χ1n) is 6.52. The van der Waals surface area contributed by atoms with Gasteiger partial charge in [0.15, 0.2) is 9.84 Å². The summed E-state index contributed by atoms with van der Waals surface area (Å²) in [6.45, 7) is 0. The Morgan fingerprint density at radius 1 is 1.05 bits per heavy atom. The van der Waals surface area contributed by atoms with Crippen molar-refractivity contribution in [1.29, 1.82) is 0 Å². The standard InChI is InChI=1S/C16H15NO3S/c1-20-15-9-5-8-14-12(10-17-16(14)15)11-21(18,19)13-6-3-2-4-7-13/h2-10,17H,11H2,1H3. The Hall–Kier alpha value is -2.27. The third kappa shape index (κ3) is 2.52. The molecule has 108 valence electrons. The molecule has 0 aliphatic carbocycles. The molecular formula is C16H15NO3S. The fourth-order valence-electron chi connectivity index (χ4n) is 2.39. The predicted molar refractivity (Wildman–Crippen MR) is 82.2 cm³/mol. The molecule has 1 aromatic heterocycles. The maximum atomic E-state index is 12.5. The van der Waals surface area contributed by atoms with Gasteiger partial charge in [0.2, 0.25) is 0 Å². The van der Waals surface area contributed by atoms with Crippen LogP contribution in [0.3, 0.4) is 0 Å². The van der Waals surface area contributed by atoms with Gasteiger partial charge in [0.25, 0.3) is 0 Å². The van der Waals surface area contributed by atoms with E-state index in [9.17, 15) is 8.42 Å². The Labute approximate surface area is 123 Å². The molecule has 3 aromatic rings. The van der Waals surface area contributed by atoms with E-state index in [-0.39, 0.29) is 5.75 Å². The van der Waals surface area contributed by atoms with E-state index < -0.39 is 9.84 Å². The van der Waals surface area contributed by atoms with Crippen LogP contribution in [0.5, 0.6) is 5.75 Å². The van der Waals surface area contributed by atoms with Crippen LogP contribution in [-0.4, -0.2) is 20.5 Å². The van der Waals surface area contributed by atoms with Crippen LogP contribution in [0.15, 0.2) is 59.6 Å². The molecule has 1 heterocycles. The van der Waals surface area contributed by atoms with Crippen molar-refractivity contribution in [2.24, 2.45) is 0 Å². The Morgan fingerprint density at radius 3 is 2.52 bits per heavy atom. The summed E-state index contributed by atoms with van der Waals surface area (Å²) in [5, 5.41) is 0.869. The summed E-state index contributed by atoms with van der Waals surface area (Å²) in [6.07, 6.45) is 1.73. The lowest BCUT2D eigenvalue weighted by molar-refractivity contribution is 0.419. The van der Waals surface area contributed by atoms with Gasteiger partial charge in [0.05, 0.1) is 23.3 Å². The molecule has 0 unspecified atom stereocenters. The zero-order valence-corrected chi connectivity index (χ0v) is 12.4. The van der Waals surface area contributed by atoms with Crippen LogP contribution in [-0.2, 0) is 15.6 Å². The number of sulfone groups is 1. The van der Waals surface area contributed by atoms with Gasteiger partial charge in [-0.15, -0.1) is 0 Å². The average Bonchev–Trinajstić information content (AvgIpc) is 2.91. The molecule has 0 atom stereocenters. The van der Waals surface area contributed by atoms with Crippen LogP contribution < -0.4 is 4.74 Å². The van der Waals surface area contributed by atoms with Crippen molar-refractivity contribution >= 4 is 20.7 Å². The monoisotopic (exact) mass is 301 g/mol. The SMILES string of the molecule is COc1cccc2c(CS(=O)(=O)c3ccccc3)c[nH]c12. The number of methoxy groups -OCH3 is 1. The summed E-state index contributed by atoms with van der Waals surface area (Å²) >= 11 is 0. The molecular weight excluding hydrogens is 286 g/mol. The molecule has 3 rings (SSSR count). The van der Waals surface area contributed by atoms with E-state index in [1.54, 1.807) is 43.6 Å². The number of ether oxygens (including phenoxy) is 1. The van der Waals surface area contributed by atoms with Gasteiger partial charge in [-0.05, 0) is 23.8 Å². The summed E-state index contributed by atoms with van der Waals surface area (Å²) in [7, 11) is -1.76. The van der Waals surface area contributed by atoms with Gasteiger partial charge in [-0.3, -0.25) is 0 Å². The first kappa shape index (κ1) is 13.7. The second-order valence-corrected chi connectivity index (χ2v) is 6.76. The molecule has 1 N–H and O–H groups in total. The molecule has 0 radical (unpaired) electrons. The van der Waals surface area contributed by atoms with E-state index in [1.165, 1.54) is 0 Å². The molecule has 0 aliphatic heterocycles. The fraction of sp³-hybridized carbons (Fsp3) is 0.125. The van der Waals surface area contributed by atoms with Gasteiger partial charge < -0.3 is 9.72 Å². The zero-order chi connectivity index (χ0) is 14.9. The fourth-order valence-corrected chi connectivity index (χ4v) is 3.78. The summed E-state index contributed by atoms with van der Waals surface area (Å²) in [5.74, 6) is 0.667. The number of benzene rings is 2. The van der Waals surface area contributed by atoms with Gasteiger partial charge in [-0.2, -0.15) is 0 Å². The van der Waals surface area contributed by atoms with Gasteiger partial charge in [0, 0.05) is 11.6 Å². The molecule has 0 saturated carbocycles. The van der Waals surface area contributed by atoms with E-state index in [1.807, 2.05) is 18.2 Å². The summed E-state index contributed by atoms with van der Waals surface area (Å²) in [5.41, 5.74) is 1.56. The van der Waals surface area contributed by atoms with Crippen molar-refractivity contribution in [2.45, 2.75) is 10.6 Å². The number of aromatic amines is 1. The molecule has 0 aliphatic rings. The number of rotatable bonds is 4. The van der Waals surface area contributed by atoms with Crippen molar-refractivity contribution in [3.05, 3.63) is 60.3 Å². The van der Waals surface area contributed by atoms with Crippen LogP contribution in [0.25, 0.3) is 10.9 Å². The van der Waals surface area contributed by atoms with E-state index >= 15 is 0 Å². The number of para-hydroxylation sites is 1. The number of hydrogen-bond donors (Lipinski definition) is 1. The second-order valence-electron chi connectivity index (χ2n) is 4.77. The van der Waals surface area contributed by atoms with E-state index in [0.29, 0.717) is 10.6 Å². The van der Waals surface area contributed by atoms with E-state index in [0.717, 1.165) is 16.5 Å². The zero-order valence-electron chi connectivity index (χ0n) is 11.5. The maximum absolute atomic E-state index is 12.5. The number of fused-ring (bicyclic) bond motifs is 1. The molecule has 5 heteroatoms. The molecule has 0 amide bonds. The Bertz CT molecular complexity index is 867. The Balaban J connectivity index is 2.03. The molecule has 0 spiro atoms. The van der Waals surface area contributed by atoms with Crippen molar-refractivity contribution in [3.63, 3.8) is 0 Å². The Kier molecular flexibility index (Phi) is 3.43. The van der Waals surface area contributed by atoms with Gasteiger partial charge in [-0.1, -0.05) is 30.3 Å². The van der Waals surface area contributed by atoms with Gasteiger partial charge in [0.1, 0.15) is 5.75 Å². The second kappa shape index (κ2) is 5.26. The van der Waals surface area contributed by atoms with E-state index in [4.69, 9.17) is 4.74 Å². The molecule has 2 aromatic carbocycles. The summed E-state index contributed by atoms with van der Waals surface area (Å²) < 4.78 is 30.2. The van der Waals surface area contributed by atoms with Crippen molar-refractivity contribution in [2.75, 3.05) is 7.11 Å². The van der Waals surface area contributed by atoms with Crippen LogP contribution >= 0.6 is 0 Å². The molecule has 21 heavy (non-hydrogen) atoms. The highest BCUT2D eigenvalue weighted by molar-refractivity contribution is 7.90. The third-order valence-electron chi connectivity index (χ3n) is 3.43. The Morgan fingerprint density at radius 2 is 1.81 bits per heavy atom. The topological polar surface area (TPSA) is 59.2 Å². The predicted octanol–water partition coefficient (Wildman–Crippen LogP) is 3.15. The number of hydrogen-bond acceptors (Lipinski definition) is 3. The lowest BCUT2D eigenvalue weighted by atomic mass is 10.2. The highest BCUT2D eigenvalue weighted by atomic mass is 32.2. The third-order valence-corrected chi connectivity index (χ3v) is 5.11. The van der Waals surface area contributed by atoms with E-state index in [2.05, 4.69) is 4.98 Å². The summed E-state index contributed by atoms with van der Waals surface area (Å²) in [6, 6.07) is 14.1. The van der Waals surface area contributed by atoms with Crippen LogP contribution in [0.1, 0.15) is 5.56 Å². The van der Waals surface area contributed by atoms with Gasteiger partial charge in [-0.25, -0.2) is 8.42 Å². The molecule has 0 saturated heterocycles. The van der Waals surface area contributed by atoms with Crippen LogP contribution in [0.2, 0.25) is 0 Å². The van der Waals surface area contributed by atoms with Crippen LogP contribution in [0.4, 0.5) is 0 Å². The smallest absolute Gasteiger partial charge is 0.182 e. The summed E-state index contributed by atoms with van der Waals surface area (Å²) in [4.78, 5) is 3.43. The largest absolute Gasteiger partial charge is 0.495 e. The minimum Gasteiger partial charge on any atom is -0.495 e. The molecule has 0 fully saturated rings. The van der Waals surface area contributed by atoms with Crippen molar-refractivity contribution in [1.82, 2.24) is 4.98 Å². The number of nitrogens with one attached hydrogen (secondary N) is 1. The average molecular weight is 301 g/mol. The highest BCUT2D eigenvalue weighted by Crippen LogP contribution is 2.29. The first-order chi connectivity index (χ1) is 10.1. The minimum atomic E-state index is -3.36. The first-order valence-corrected chi connectivity index (χ1v) is 8.18. The number of aromatic nitrogens is 1. The van der Waals surface area contributed by atoms with Gasteiger partial charge >= 0.3 is 0 Å². The lowest BCUT2D eigenvalue weighted by Gasteiger charge is -2.04.